The fourth-order valence-corrected chi connectivity index (χ4v) is 7.23. The third-order valence-corrected chi connectivity index (χ3v) is 10.1. The van der Waals surface area contributed by atoms with Crippen molar-refractivity contribution in [3.63, 3.8) is 0 Å². The molecule has 4 aromatic carbocycles. The summed E-state index contributed by atoms with van der Waals surface area (Å²) < 4.78 is 35.9. The zero-order valence-electron chi connectivity index (χ0n) is 34.4. The molecule has 16 heteroatoms. The molecular formula is C48H34O16. The van der Waals surface area contributed by atoms with Crippen molar-refractivity contribution in [2.75, 3.05) is 35.5 Å². The van der Waals surface area contributed by atoms with Gasteiger partial charge in [-0.25, -0.2) is 24.0 Å². The van der Waals surface area contributed by atoms with E-state index in [0.717, 1.165) is 14.2 Å². The number of carbonyl (C=O) groups excluding carboxylic acids is 5. The summed E-state index contributed by atoms with van der Waals surface area (Å²) >= 11 is 0. The van der Waals surface area contributed by atoms with Crippen LogP contribution in [0.5, 0.6) is 11.5 Å². The van der Waals surface area contributed by atoms with Gasteiger partial charge in [0.05, 0.1) is 63.4 Å². The summed E-state index contributed by atoms with van der Waals surface area (Å²) in [5.41, 5.74) is 2.64. The summed E-state index contributed by atoms with van der Waals surface area (Å²) in [6, 6.07) is 24.3. The lowest BCUT2D eigenvalue weighted by atomic mass is 9.88. The van der Waals surface area contributed by atoms with Crippen LogP contribution in [0.15, 0.2) is 122 Å². The van der Waals surface area contributed by atoms with Crippen LogP contribution in [0.3, 0.4) is 0 Å². The van der Waals surface area contributed by atoms with Gasteiger partial charge in [-0.3, -0.25) is 9.59 Å². The highest BCUT2D eigenvalue weighted by Gasteiger charge is 2.29. The largest absolute Gasteiger partial charge is 0.508 e. The second-order valence-electron chi connectivity index (χ2n) is 13.8. The van der Waals surface area contributed by atoms with E-state index < -0.39 is 29.8 Å². The fraction of sp³-hybridized carbons (Fsp3) is 0.104. The third kappa shape index (κ3) is 8.05. The molecule has 0 bridgehead atoms. The number of benzene rings is 6. The van der Waals surface area contributed by atoms with Gasteiger partial charge in [0.2, 0.25) is 0 Å². The first-order valence-corrected chi connectivity index (χ1v) is 18.8. The van der Waals surface area contributed by atoms with E-state index in [9.17, 15) is 43.8 Å². The van der Waals surface area contributed by atoms with Gasteiger partial charge in [-0.1, -0.05) is 0 Å². The van der Waals surface area contributed by atoms with Crippen molar-refractivity contribution < 1.29 is 66.7 Å². The lowest BCUT2D eigenvalue weighted by Crippen LogP contribution is -2.15. The van der Waals surface area contributed by atoms with Gasteiger partial charge in [0.25, 0.3) is 0 Å². The van der Waals surface area contributed by atoms with Crippen LogP contribution in [0.25, 0.3) is 66.8 Å². The number of phenolic OH excluding ortho intramolecular Hbond substituents is 2. The Balaban J connectivity index is 0.000000193. The maximum atomic E-state index is 12.8. The molecule has 8 rings (SSSR count). The van der Waals surface area contributed by atoms with Crippen LogP contribution in [0.1, 0.15) is 51.8 Å². The summed E-state index contributed by atoms with van der Waals surface area (Å²) in [6.45, 7) is 0. The second-order valence-corrected chi connectivity index (χ2v) is 13.8. The van der Waals surface area contributed by atoms with Crippen molar-refractivity contribution in [2.45, 2.75) is 0 Å². The van der Waals surface area contributed by atoms with Crippen LogP contribution in [-0.4, -0.2) is 75.6 Å². The summed E-state index contributed by atoms with van der Waals surface area (Å²) in [5.74, 6) is -3.26. The Labute approximate surface area is 361 Å². The lowest BCUT2D eigenvalue weighted by molar-refractivity contribution is 0.0553. The number of ether oxygens (including phenoxy) is 5. The van der Waals surface area contributed by atoms with E-state index in [1.807, 2.05) is 0 Å². The number of fused-ring (bicyclic) bond motifs is 4. The van der Waals surface area contributed by atoms with Crippen LogP contribution in [0, 0.1) is 0 Å². The lowest BCUT2D eigenvalue weighted by Gasteiger charge is -2.19. The molecule has 64 heavy (non-hydrogen) atoms. The minimum Gasteiger partial charge on any atom is -0.508 e. The van der Waals surface area contributed by atoms with E-state index in [0.29, 0.717) is 44.2 Å². The quantitative estimate of drug-likeness (QED) is 0.0898. The van der Waals surface area contributed by atoms with Gasteiger partial charge in [-0.2, -0.15) is 0 Å². The molecular weight excluding hydrogens is 833 g/mol. The predicted molar refractivity (Wildman–Crippen MR) is 229 cm³/mol. The number of phenols is 2. The Bertz CT molecular complexity index is 3260. The van der Waals surface area contributed by atoms with Crippen LogP contribution >= 0.6 is 0 Å². The van der Waals surface area contributed by atoms with E-state index in [4.69, 9.17) is 32.5 Å². The van der Waals surface area contributed by atoms with Gasteiger partial charge < -0.3 is 42.7 Å². The van der Waals surface area contributed by atoms with Gasteiger partial charge in [0.1, 0.15) is 34.2 Å². The molecule has 2 aliphatic carbocycles. The van der Waals surface area contributed by atoms with E-state index >= 15 is 0 Å². The maximum Gasteiger partial charge on any atom is 0.338 e. The molecule has 322 valence electrons. The molecule has 0 radical (unpaired) electrons. The number of rotatable bonds is 7. The van der Waals surface area contributed by atoms with Gasteiger partial charge in [-0.05, 0) is 90.0 Å². The summed E-state index contributed by atoms with van der Waals surface area (Å²) in [6.07, 6.45) is 0. The number of aromatic hydroxyl groups is 2. The average molecular weight is 867 g/mol. The minimum absolute atomic E-state index is 0.0219. The molecule has 2 aliphatic heterocycles. The van der Waals surface area contributed by atoms with Crippen LogP contribution in [-0.2, 0) is 23.7 Å². The van der Waals surface area contributed by atoms with Crippen molar-refractivity contribution >= 4 is 51.8 Å². The first-order chi connectivity index (χ1) is 30.7. The van der Waals surface area contributed by atoms with Crippen molar-refractivity contribution in [3.8, 4) is 56.4 Å². The SMILES string of the molecule is COC(=O)c1cc(C(=O)OC)c(-c2c3ccc(=O)cc-3oc3cc(O)ccc23)cc1C(=O)OC.COC(=O)c1ccc(C(=O)OC)c(-c2c3ccc(=O)cc-3oc3cc(O)ccc23)c1. The summed E-state index contributed by atoms with van der Waals surface area (Å²) in [7, 11) is 6.00. The highest BCUT2D eigenvalue weighted by molar-refractivity contribution is 6.13. The summed E-state index contributed by atoms with van der Waals surface area (Å²) in [5, 5.41) is 20.9. The Kier molecular flexibility index (Phi) is 12.0. The smallest absolute Gasteiger partial charge is 0.338 e. The second kappa shape index (κ2) is 17.7. The van der Waals surface area contributed by atoms with E-state index in [-0.39, 0.29) is 72.8 Å². The Morgan fingerprint density at radius 3 is 1.30 bits per heavy atom. The van der Waals surface area contributed by atoms with Gasteiger partial charge in [0, 0.05) is 57.3 Å². The van der Waals surface area contributed by atoms with Crippen LogP contribution in [0.2, 0.25) is 0 Å². The number of hydrogen-bond donors (Lipinski definition) is 2. The van der Waals surface area contributed by atoms with Gasteiger partial charge >= 0.3 is 29.8 Å². The van der Waals surface area contributed by atoms with Gasteiger partial charge in [-0.15, -0.1) is 0 Å². The van der Waals surface area contributed by atoms with E-state index in [2.05, 4.69) is 0 Å². The topological polar surface area (TPSA) is 232 Å². The minimum atomic E-state index is -0.851. The molecule has 2 heterocycles. The first kappa shape index (κ1) is 43.3. The van der Waals surface area contributed by atoms with Crippen LogP contribution in [0.4, 0.5) is 0 Å². The predicted octanol–water partition coefficient (Wildman–Crippen LogP) is 7.47. The molecule has 4 aliphatic rings. The zero-order valence-corrected chi connectivity index (χ0v) is 34.4. The number of hydrogen-bond acceptors (Lipinski definition) is 16. The van der Waals surface area contributed by atoms with Crippen molar-refractivity contribution in [1.29, 1.82) is 0 Å². The Morgan fingerprint density at radius 1 is 0.406 bits per heavy atom. The molecule has 0 amide bonds. The molecule has 0 saturated heterocycles. The number of esters is 5. The molecule has 0 aromatic heterocycles. The Morgan fingerprint density at radius 2 is 0.828 bits per heavy atom. The third-order valence-electron chi connectivity index (χ3n) is 10.1. The molecule has 16 nitrogen and oxygen atoms in total. The van der Waals surface area contributed by atoms with E-state index in [1.165, 1.54) is 106 Å². The zero-order chi connectivity index (χ0) is 46.0. The standard InChI is InChI=1S/C25H18O9.C23H16O7/c1-31-23(28)17-11-19(25(30)33-3)18(24(29)32-2)10-16(17)22-14-6-4-12(26)8-20(14)34-21-9-13(27)5-7-15(21)22;1-28-22(26)12-3-6-15(23(27)29-2)18(9-12)21-16-7-4-13(24)10-19(16)30-20-11-14(25)5-8-17(20)21/h4-11,26H,1-3H3;3-11,24H,1-2H3. The highest BCUT2D eigenvalue weighted by Crippen LogP contribution is 2.44. The van der Waals surface area contributed by atoms with E-state index in [1.54, 1.807) is 18.2 Å². The molecule has 0 unspecified atom stereocenters. The molecule has 0 saturated carbocycles. The first-order valence-electron chi connectivity index (χ1n) is 18.8. The maximum absolute atomic E-state index is 12.8. The monoisotopic (exact) mass is 866 g/mol. The highest BCUT2D eigenvalue weighted by atomic mass is 16.5. The Hall–Kier alpha value is -8.79. The van der Waals surface area contributed by atoms with Gasteiger partial charge in [0.15, 0.2) is 10.9 Å². The molecule has 0 fully saturated rings. The fourth-order valence-electron chi connectivity index (χ4n) is 7.23. The van der Waals surface area contributed by atoms with Crippen molar-refractivity contribution in [3.05, 3.63) is 151 Å². The normalized spacial score (nSPS) is 10.8. The van der Waals surface area contributed by atoms with Crippen molar-refractivity contribution in [1.82, 2.24) is 0 Å². The number of carbonyl (C=O) groups is 5. The molecule has 0 spiro atoms. The van der Waals surface area contributed by atoms with Crippen LogP contribution < -0.4 is 10.9 Å². The number of methoxy groups -OCH3 is 5. The summed E-state index contributed by atoms with van der Waals surface area (Å²) in [4.78, 5) is 86.3. The molecule has 4 aromatic rings. The molecule has 2 N–H and O–H groups in total. The molecule has 0 atom stereocenters. The van der Waals surface area contributed by atoms with Crippen molar-refractivity contribution in [2.24, 2.45) is 0 Å². The average Bonchev–Trinajstić information content (AvgIpc) is 3.30.